The second kappa shape index (κ2) is 9.27. The lowest BCUT2D eigenvalue weighted by molar-refractivity contribution is -0.129. The van der Waals surface area contributed by atoms with Crippen LogP contribution in [0.2, 0.25) is 0 Å². The van der Waals surface area contributed by atoms with Gasteiger partial charge in [-0.05, 0) is 45.4 Å². The number of carbonyl (C=O) groups excluding carboxylic acids is 1. The van der Waals surface area contributed by atoms with E-state index < -0.39 is 0 Å². The summed E-state index contributed by atoms with van der Waals surface area (Å²) in [6.45, 7) is 9.62. The van der Waals surface area contributed by atoms with Crippen LogP contribution >= 0.6 is 11.8 Å². The van der Waals surface area contributed by atoms with Crippen LogP contribution in [0.25, 0.3) is 10.9 Å². The average Bonchev–Trinajstić information content (AvgIpc) is 2.73. The monoisotopic (exact) mass is 409 g/mol. The third-order valence-corrected chi connectivity index (χ3v) is 6.07. The highest BCUT2D eigenvalue weighted by Crippen LogP contribution is 2.24. The molecule has 0 aliphatic heterocycles. The van der Waals surface area contributed by atoms with Gasteiger partial charge in [0.25, 0.3) is 5.56 Å². The highest BCUT2D eigenvalue weighted by Gasteiger charge is 2.22. The van der Waals surface area contributed by atoms with Gasteiger partial charge in [0.05, 0.1) is 22.7 Å². The Labute approximate surface area is 175 Å². The third-order valence-electron chi connectivity index (χ3n) is 4.99. The van der Waals surface area contributed by atoms with Crippen molar-refractivity contribution in [2.75, 3.05) is 13.1 Å². The van der Waals surface area contributed by atoms with Crippen LogP contribution in [-0.2, 0) is 11.3 Å². The fourth-order valence-electron chi connectivity index (χ4n) is 3.25. The van der Waals surface area contributed by atoms with E-state index in [-0.39, 0.29) is 16.7 Å². The largest absolute Gasteiger partial charge is 0.342 e. The van der Waals surface area contributed by atoms with Gasteiger partial charge < -0.3 is 4.90 Å². The lowest BCUT2D eigenvalue weighted by Gasteiger charge is -2.23. The molecule has 1 amide bonds. The van der Waals surface area contributed by atoms with Crippen molar-refractivity contribution in [2.24, 2.45) is 0 Å². The zero-order valence-electron chi connectivity index (χ0n) is 17.4. The zero-order chi connectivity index (χ0) is 21.0. The van der Waals surface area contributed by atoms with Crippen molar-refractivity contribution in [3.05, 3.63) is 70.0 Å². The highest BCUT2D eigenvalue weighted by atomic mass is 32.2. The van der Waals surface area contributed by atoms with Crippen molar-refractivity contribution < 1.29 is 4.79 Å². The number of aromatic nitrogens is 2. The van der Waals surface area contributed by atoms with Crippen molar-refractivity contribution in [2.45, 2.75) is 44.6 Å². The molecule has 3 aromatic rings. The molecule has 0 aliphatic rings. The van der Waals surface area contributed by atoms with Crippen LogP contribution in [0, 0.1) is 6.92 Å². The van der Waals surface area contributed by atoms with Crippen LogP contribution in [-0.4, -0.2) is 38.7 Å². The molecule has 3 rings (SSSR count). The van der Waals surface area contributed by atoms with Gasteiger partial charge in [-0.3, -0.25) is 14.2 Å². The van der Waals surface area contributed by atoms with Gasteiger partial charge in [-0.15, -0.1) is 0 Å². The Morgan fingerprint density at radius 3 is 2.41 bits per heavy atom. The normalized spacial score (nSPS) is 12.1. The summed E-state index contributed by atoms with van der Waals surface area (Å²) in [5.41, 5.74) is 2.77. The Hall–Kier alpha value is -2.60. The quantitative estimate of drug-likeness (QED) is 0.435. The minimum Gasteiger partial charge on any atom is -0.342 e. The summed E-state index contributed by atoms with van der Waals surface area (Å²) >= 11 is 1.35. The molecular formula is C23H27N3O2S. The third kappa shape index (κ3) is 4.70. The predicted molar refractivity (Wildman–Crippen MR) is 120 cm³/mol. The number of rotatable bonds is 7. The molecule has 0 radical (unpaired) electrons. The summed E-state index contributed by atoms with van der Waals surface area (Å²) in [5, 5.41) is 0.834. The molecule has 1 aromatic heterocycles. The minimum atomic E-state index is -0.327. The smallest absolute Gasteiger partial charge is 0.262 e. The molecule has 1 atom stereocenters. The molecule has 1 unspecified atom stereocenters. The number of amides is 1. The number of aryl methyl sites for hydroxylation is 1. The van der Waals surface area contributed by atoms with Crippen molar-refractivity contribution in [1.29, 1.82) is 0 Å². The Bertz CT molecular complexity index is 1060. The van der Waals surface area contributed by atoms with Crippen LogP contribution in [0.5, 0.6) is 0 Å². The van der Waals surface area contributed by atoms with Gasteiger partial charge in [-0.1, -0.05) is 53.7 Å². The number of carbonyl (C=O) groups is 1. The molecule has 0 spiro atoms. The minimum absolute atomic E-state index is 0.0595. The number of nitrogens with zero attached hydrogens (tertiary/aromatic N) is 3. The molecule has 0 fully saturated rings. The van der Waals surface area contributed by atoms with E-state index in [1.54, 1.807) is 15.5 Å². The molecule has 5 nitrogen and oxygen atoms in total. The standard InChI is InChI=1S/C23H27N3O2S/c1-5-25(6-2)21(27)17(4)29-23-24-20-10-8-7-9-19(20)22(28)26(23)15-18-13-11-16(3)12-14-18/h7-14,17H,5-6,15H2,1-4H3. The Balaban J connectivity index is 2.03. The maximum Gasteiger partial charge on any atom is 0.262 e. The SMILES string of the molecule is CCN(CC)C(=O)C(C)Sc1nc2ccccc2c(=O)n1Cc1ccc(C)cc1. The summed E-state index contributed by atoms with van der Waals surface area (Å²) < 4.78 is 1.68. The molecular weight excluding hydrogens is 382 g/mol. The summed E-state index contributed by atoms with van der Waals surface area (Å²) in [5.74, 6) is 0.0595. The first-order valence-corrected chi connectivity index (χ1v) is 10.8. The summed E-state index contributed by atoms with van der Waals surface area (Å²) in [6.07, 6.45) is 0. The number of para-hydroxylation sites is 1. The Kier molecular flexibility index (Phi) is 6.75. The van der Waals surface area contributed by atoms with Crippen molar-refractivity contribution in [1.82, 2.24) is 14.5 Å². The van der Waals surface area contributed by atoms with E-state index in [1.165, 1.54) is 17.3 Å². The first-order chi connectivity index (χ1) is 13.9. The molecule has 0 saturated carbocycles. The van der Waals surface area contributed by atoms with E-state index in [4.69, 9.17) is 4.98 Å². The highest BCUT2D eigenvalue weighted by molar-refractivity contribution is 8.00. The van der Waals surface area contributed by atoms with Gasteiger partial charge in [0.2, 0.25) is 5.91 Å². The molecule has 0 saturated heterocycles. The van der Waals surface area contributed by atoms with Gasteiger partial charge in [0.15, 0.2) is 5.16 Å². The van der Waals surface area contributed by atoms with Crippen molar-refractivity contribution in [3.63, 3.8) is 0 Å². The van der Waals surface area contributed by atoms with Gasteiger partial charge in [0, 0.05) is 13.1 Å². The van der Waals surface area contributed by atoms with Gasteiger partial charge in [-0.2, -0.15) is 0 Å². The Morgan fingerprint density at radius 1 is 1.10 bits per heavy atom. The second-order valence-corrected chi connectivity index (χ2v) is 8.37. The lowest BCUT2D eigenvalue weighted by atomic mass is 10.1. The Morgan fingerprint density at radius 2 is 1.76 bits per heavy atom. The van der Waals surface area contributed by atoms with Crippen LogP contribution in [0.4, 0.5) is 0 Å². The van der Waals surface area contributed by atoms with Crippen LogP contribution < -0.4 is 5.56 Å². The van der Waals surface area contributed by atoms with Gasteiger partial charge >= 0.3 is 0 Å². The van der Waals surface area contributed by atoms with Crippen molar-refractivity contribution in [3.8, 4) is 0 Å². The number of fused-ring (bicyclic) bond motifs is 1. The molecule has 1 heterocycles. The van der Waals surface area contributed by atoms with E-state index in [0.717, 1.165) is 5.56 Å². The second-order valence-electron chi connectivity index (χ2n) is 7.06. The number of hydrogen-bond donors (Lipinski definition) is 0. The molecule has 152 valence electrons. The maximum absolute atomic E-state index is 13.2. The first kappa shape index (κ1) is 21.1. The van der Waals surface area contributed by atoms with E-state index in [0.29, 0.717) is 35.7 Å². The topological polar surface area (TPSA) is 55.2 Å². The molecule has 6 heteroatoms. The fourth-order valence-corrected chi connectivity index (χ4v) is 4.25. The van der Waals surface area contributed by atoms with Gasteiger partial charge in [-0.25, -0.2) is 4.98 Å². The fraction of sp³-hybridized carbons (Fsp3) is 0.348. The number of hydrogen-bond acceptors (Lipinski definition) is 4. The van der Waals surface area contributed by atoms with Crippen LogP contribution in [0.1, 0.15) is 31.9 Å². The molecule has 0 N–H and O–H groups in total. The van der Waals surface area contributed by atoms with E-state index >= 15 is 0 Å². The van der Waals surface area contributed by atoms with Crippen LogP contribution in [0.15, 0.2) is 58.5 Å². The summed E-state index contributed by atoms with van der Waals surface area (Å²) in [7, 11) is 0. The van der Waals surface area contributed by atoms with Crippen molar-refractivity contribution >= 4 is 28.6 Å². The number of thioether (sulfide) groups is 1. The molecule has 0 bridgehead atoms. The molecule has 2 aromatic carbocycles. The summed E-state index contributed by atoms with van der Waals surface area (Å²) in [4.78, 5) is 32.5. The van der Waals surface area contributed by atoms with Crippen LogP contribution in [0.3, 0.4) is 0 Å². The van der Waals surface area contributed by atoms with Gasteiger partial charge in [0.1, 0.15) is 0 Å². The first-order valence-electron chi connectivity index (χ1n) is 9.95. The summed E-state index contributed by atoms with van der Waals surface area (Å²) in [6, 6.07) is 15.5. The van der Waals surface area contributed by atoms with E-state index in [1.807, 2.05) is 70.2 Å². The lowest BCUT2D eigenvalue weighted by Crippen LogP contribution is -2.36. The zero-order valence-corrected chi connectivity index (χ0v) is 18.2. The predicted octanol–water partition coefficient (Wildman–Crippen LogP) is 4.10. The van der Waals surface area contributed by atoms with E-state index in [9.17, 15) is 9.59 Å². The maximum atomic E-state index is 13.2. The number of benzene rings is 2. The molecule has 29 heavy (non-hydrogen) atoms. The molecule has 0 aliphatic carbocycles. The van der Waals surface area contributed by atoms with E-state index in [2.05, 4.69) is 0 Å². The average molecular weight is 410 g/mol.